The molecule has 0 aliphatic heterocycles. The number of carbonyl (C=O) groups is 1. The average molecular weight is 452 g/mol. The molecule has 32 heavy (non-hydrogen) atoms. The Morgan fingerprint density at radius 1 is 1.06 bits per heavy atom. The summed E-state index contributed by atoms with van der Waals surface area (Å²) in [5.41, 5.74) is 3.74. The van der Waals surface area contributed by atoms with Crippen LogP contribution in [0.15, 0.2) is 54.9 Å². The van der Waals surface area contributed by atoms with Crippen molar-refractivity contribution in [2.75, 3.05) is 5.32 Å². The first-order chi connectivity index (χ1) is 15.3. The maximum Gasteiger partial charge on any atom is 0.257 e. The number of benzene rings is 2. The van der Waals surface area contributed by atoms with Crippen LogP contribution in [-0.4, -0.2) is 25.7 Å². The van der Waals surface area contributed by atoms with E-state index in [9.17, 15) is 9.18 Å². The fourth-order valence-electron chi connectivity index (χ4n) is 3.04. The van der Waals surface area contributed by atoms with Crippen molar-refractivity contribution in [3.05, 3.63) is 88.2 Å². The topological polar surface area (TPSA) is 81.9 Å². The summed E-state index contributed by atoms with van der Waals surface area (Å²) in [6, 6.07) is 12.0. The summed E-state index contributed by atoms with van der Waals surface area (Å²) < 4.78 is 20.8. The van der Waals surface area contributed by atoms with Crippen LogP contribution in [0, 0.1) is 26.6 Å². The number of anilines is 1. The number of hydrogen-bond donors (Lipinski definition) is 1. The molecule has 4 rings (SSSR count). The molecule has 0 bridgehead atoms. The molecule has 0 saturated carbocycles. The predicted molar refractivity (Wildman–Crippen MR) is 119 cm³/mol. The van der Waals surface area contributed by atoms with E-state index in [0.717, 1.165) is 23.0 Å². The van der Waals surface area contributed by atoms with Gasteiger partial charge < -0.3 is 10.1 Å². The highest BCUT2D eigenvalue weighted by Gasteiger charge is 2.13. The van der Waals surface area contributed by atoms with E-state index >= 15 is 0 Å². The van der Waals surface area contributed by atoms with E-state index in [2.05, 4.69) is 20.4 Å². The number of nitrogens with zero attached hydrogens (tertiary/aromatic N) is 4. The van der Waals surface area contributed by atoms with Gasteiger partial charge in [-0.2, -0.15) is 5.10 Å². The molecule has 1 N–H and O–H groups in total. The number of ether oxygens (including phenoxy) is 1. The van der Waals surface area contributed by atoms with E-state index in [1.807, 2.05) is 20.8 Å². The smallest absolute Gasteiger partial charge is 0.257 e. The first kappa shape index (κ1) is 21.5. The largest absolute Gasteiger partial charge is 0.439 e. The molecule has 9 heteroatoms. The summed E-state index contributed by atoms with van der Waals surface area (Å²) in [6.07, 6.45) is 1.41. The van der Waals surface area contributed by atoms with Crippen molar-refractivity contribution in [2.45, 2.75) is 20.8 Å². The highest BCUT2D eigenvalue weighted by atomic mass is 35.5. The van der Waals surface area contributed by atoms with E-state index in [0.29, 0.717) is 23.1 Å². The molecule has 0 saturated heterocycles. The Hall–Kier alpha value is -3.78. The molecule has 1 amide bonds. The Balaban J connectivity index is 1.47. The van der Waals surface area contributed by atoms with E-state index in [1.165, 1.54) is 18.5 Å². The molecule has 0 fully saturated rings. The second-order valence-electron chi connectivity index (χ2n) is 7.13. The molecule has 0 aliphatic carbocycles. The number of amides is 1. The lowest BCUT2D eigenvalue weighted by Crippen LogP contribution is -2.12. The van der Waals surface area contributed by atoms with E-state index in [-0.39, 0.29) is 10.6 Å². The SMILES string of the molecule is Cc1nn(-c2cc(Oc3ccc(NC(=O)c4ccc(F)cc4Cl)cc3)ncn2)c(C)c1C. The van der Waals surface area contributed by atoms with E-state index in [1.54, 1.807) is 35.0 Å². The average Bonchev–Trinajstić information content (AvgIpc) is 3.02. The molecule has 0 spiro atoms. The van der Waals surface area contributed by atoms with Gasteiger partial charge in [0.1, 0.15) is 17.9 Å². The Morgan fingerprint density at radius 3 is 2.47 bits per heavy atom. The van der Waals surface area contributed by atoms with E-state index in [4.69, 9.17) is 16.3 Å². The van der Waals surface area contributed by atoms with Gasteiger partial charge in [-0.1, -0.05) is 11.6 Å². The number of hydrogen-bond acceptors (Lipinski definition) is 5. The van der Waals surface area contributed by atoms with Crippen molar-refractivity contribution in [3.8, 4) is 17.4 Å². The maximum absolute atomic E-state index is 13.2. The zero-order valence-electron chi connectivity index (χ0n) is 17.6. The number of aryl methyl sites for hydroxylation is 1. The highest BCUT2D eigenvalue weighted by molar-refractivity contribution is 6.34. The minimum atomic E-state index is -0.506. The summed E-state index contributed by atoms with van der Waals surface area (Å²) in [7, 11) is 0. The first-order valence-corrected chi connectivity index (χ1v) is 10.1. The lowest BCUT2D eigenvalue weighted by molar-refractivity contribution is 0.102. The summed E-state index contributed by atoms with van der Waals surface area (Å²) in [5.74, 6) is 0.536. The lowest BCUT2D eigenvalue weighted by atomic mass is 10.2. The number of aromatic nitrogens is 4. The van der Waals surface area contributed by atoms with Crippen molar-refractivity contribution in [2.24, 2.45) is 0 Å². The molecule has 4 aromatic rings. The van der Waals surface area contributed by atoms with Crippen LogP contribution in [0.25, 0.3) is 5.82 Å². The van der Waals surface area contributed by atoms with Gasteiger partial charge in [0.25, 0.3) is 5.91 Å². The quantitative estimate of drug-likeness (QED) is 0.438. The fourth-order valence-corrected chi connectivity index (χ4v) is 3.30. The summed E-state index contributed by atoms with van der Waals surface area (Å²) in [6.45, 7) is 5.93. The number of carbonyl (C=O) groups excluding carboxylic acids is 1. The van der Waals surface area contributed by atoms with Gasteiger partial charge in [0, 0.05) is 17.4 Å². The maximum atomic E-state index is 13.2. The Bertz CT molecular complexity index is 1300. The van der Waals surface area contributed by atoms with Crippen LogP contribution < -0.4 is 10.1 Å². The van der Waals surface area contributed by atoms with Gasteiger partial charge in [-0.15, -0.1) is 0 Å². The first-order valence-electron chi connectivity index (χ1n) is 9.71. The third-order valence-corrected chi connectivity index (χ3v) is 5.32. The minimum Gasteiger partial charge on any atom is -0.439 e. The van der Waals surface area contributed by atoms with Gasteiger partial charge in [-0.05, 0) is 68.8 Å². The van der Waals surface area contributed by atoms with Gasteiger partial charge in [-0.25, -0.2) is 19.0 Å². The van der Waals surface area contributed by atoms with Crippen molar-refractivity contribution in [3.63, 3.8) is 0 Å². The van der Waals surface area contributed by atoms with Crippen molar-refractivity contribution in [1.82, 2.24) is 19.7 Å². The third kappa shape index (κ3) is 4.45. The summed E-state index contributed by atoms with van der Waals surface area (Å²) >= 11 is 5.94. The molecular formula is C23H19ClFN5O2. The summed E-state index contributed by atoms with van der Waals surface area (Å²) in [5, 5.41) is 7.26. The normalized spacial score (nSPS) is 10.8. The standard InChI is InChI=1S/C23H19ClFN5O2/c1-13-14(2)29-30(15(13)3)21-11-22(27-12-26-21)32-18-7-5-17(6-8-18)28-23(31)19-9-4-16(25)10-20(19)24/h4-12H,1-3H3,(H,28,31). The molecule has 7 nitrogen and oxygen atoms in total. The highest BCUT2D eigenvalue weighted by Crippen LogP contribution is 2.24. The van der Waals surface area contributed by atoms with Gasteiger partial charge in [0.2, 0.25) is 5.88 Å². The van der Waals surface area contributed by atoms with Crippen LogP contribution in [-0.2, 0) is 0 Å². The lowest BCUT2D eigenvalue weighted by Gasteiger charge is -2.09. The van der Waals surface area contributed by atoms with Crippen LogP contribution in [0.2, 0.25) is 5.02 Å². The van der Waals surface area contributed by atoms with Gasteiger partial charge >= 0.3 is 0 Å². The van der Waals surface area contributed by atoms with Gasteiger partial charge in [-0.3, -0.25) is 4.79 Å². The molecule has 0 radical (unpaired) electrons. The molecule has 0 unspecified atom stereocenters. The van der Waals surface area contributed by atoms with Crippen molar-refractivity contribution in [1.29, 1.82) is 0 Å². The molecule has 162 valence electrons. The zero-order valence-corrected chi connectivity index (χ0v) is 18.3. The van der Waals surface area contributed by atoms with Crippen LogP contribution in [0.5, 0.6) is 11.6 Å². The Labute approximate surface area is 188 Å². The van der Waals surface area contributed by atoms with Crippen molar-refractivity contribution < 1.29 is 13.9 Å². The summed E-state index contributed by atoms with van der Waals surface area (Å²) in [4.78, 5) is 20.8. The monoisotopic (exact) mass is 451 g/mol. The van der Waals surface area contributed by atoms with Gasteiger partial charge in [0.05, 0.1) is 16.3 Å². The van der Waals surface area contributed by atoms with Crippen LogP contribution in [0.3, 0.4) is 0 Å². The zero-order chi connectivity index (χ0) is 22.8. The minimum absolute atomic E-state index is 0.0415. The second-order valence-corrected chi connectivity index (χ2v) is 7.53. The Kier molecular flexibility index (Phi) is 5.87. The molecule has 2 heterocycles. The van der Waals surface area contributed by atoms with Gasteiger partial charge in [0.15, 0.2) is 5.82 Å². The van der Waals surface area contributed by atoms with Crippen LogP contribution in [0.1, 0.15) is 27.3 Å². The van der Waals surface area contributed by atoms with Crippen LogP contribution >= 0.6 is 11.6 Å². The number of nitrogens with one attached hydrogen (secondary N) is 1. The molecule has 2 aromatic heterocycles. The number of rotatable bonds is 5. The molecule has 0 atom stereocenters. The predicted octanol–water partition coefficient (Wildman–Crippen LogP) is 5.42. The number of halogens is 2. The molecule has 2 aromatic carbocycles. The van der Waals surface area contributed by atoms with E-state index < -0.39 is 11.7 Å². The van der Waals surface area contributed by atoms with Crippen LogP contribution in [0.4, 0.5) is 10.1 Å². The molecule has 0 aliphatic rings. The Morgan fingerprint density at radius 2 is 1.81 bits per heavy atom. The fraction of sp³-hybridized carbons (Fsp3) is 0.130. The third-order valence-electron chi connectivity index (χ3n) is 5.01. The van der Waals surface area contributed by atoms with Crippen molar-refractivity contribution >= 4 is 23.2 Å². The second kappa shape index (κ2) is 8.76. The molecular weight excluding hydrogens is 433 g/mol.